The van der Waals surface area contributed by atoms with Crippen LogP contribution >= 0.6 is 0 Å². The smallest absolute Gasteiger partial charge is 0.140 e. The second kappa shape index (κ2) is 19.0. The average Bonchev–Trinajstić information content (AvgIpc) is 3.40. The molecule has 0 radical (unpaired) electrons. The largest absolute Gasteiger partial charge is 0.394 e. The minimum absolute atomic E-state index is 0.252. The van der Waals surface area contributed by atoms with Crippen LogP contribution in [0.1, 0.15) is 30.0 Å². The van der Waals surface area contributed by atoms with Crippen molar-refractivity contribution >= 4 is 12.0 Å². The number of nitrogens with zero attached hydrogens (tertiary/aromatic N) is 3. The van der Waals surface area contributed by atoms with Crippen molar-refractivity contribution in [3.8, 4) is 11.8 Å². The van der Waals surface area contributed by atoms with E-state index >= 15 is 0 Å². The van der Waals surface area contributed by atoms with E-state index in [4.69, 9.17) is 4.84 Å². The molecule has 0 saturated carbocycles. The number of aliphatic hydroxyl groups is 2. The Hall–Kier alpha value is -3.55. The first kappa shape index (κ1) is 34.9. The molecule has 1 heterocycles. The minimum Gasteiger partial charge on any atom is -0.394 e. The SMILES string of the molecule is CNCCCN(C)c1ccccc1.C[C@@H](O)[C@H]1[C@@H](CO)ON(Cc2cccc(C#CCN(C)Cc3ccccc3)c2)[C@H]1C=O. The number of anilines is 1. The summed E-state index contributed by atoms with van der Waals surface area (Å²) in [5.41, 5.74) is 4.37. The summed E-state index contributed by atoms with van der Waals surface area (Å²) < 4.78 is 0. The quantitative estimate of drug-likeness (QED) is 0.156. The summed E-state index contributed by atoms with van der Waals surface area (Å²) in [5, 5.41) is 24.3. The maximum atomic E-state index is 11.6. The van der Waals surface area contributed by atoms with Crippen LogP contribution in [0.15, 0.2) is 84.9 Å². The summed E-state index contributed by atoms with van der Waals surface area (Å²) >= 11 is 0. The molecule has 44 heavy (non-hydrogen) atoms. The van der Waals surface area contributed by atoms with Gasteiger partial charge in [0.15, 0.2) is 0 Å². The van der Waals surface area contributed by atoms with E-state index in [9.17, 15) is 15.0 Å². The van der Waals surface area contributed by atoms with E-state index in [2.05, 4.69) is 70.4 Å². The van der Waals surface area contributed by atoms with E-state index in [1.807, 2.05) is 62.6 Å². The molecule has 3 aromatic rings. The number of carbonyl (C=O) groups is 1. The molecule has 3 aromatic carbocycles. The molecule has 3 N–H and O–H groups in total. The molecule has 1 saturated heterocycles. The van der Waals surface area contributed by atoms with E-state index in [-0.39, 0.29) is 6.61 Å². The van der Waals surface area contributed by atoms with Crippen molar-refractivity contribution in [2.24, 2.45) is 5.92 Å². The van der Waals surface area contributed by atoms with Crippen molar-refractivity contribution in [2.75, 3.05) is 52.3 Å². The lowest BCUT2D eigenvalue weighted by atomic mass is 9.91. The first-order valence-corrected chi connectivity index (χ1v) is 15.2. The number of hydroxylamine groups is 2. The third-order valence-corrected chi connectivity index (χ3v) is 7.56. The molecule has 0 aliphatic carbocycles. The minimum atomic E-state index is -0.762. The maximum absolute atomic E-state index is 11.6. The number of aldehydes is 1. The van der Waals surface area contributed by atoms with Crippen molar-refractivity contribution in [3.63, 3.8) is 0 Å². The zero-order chi connectivity index (χ0) is 31.7. The maximum Gasteiger partial charge on any atom is 0.140 e. The fourth-order valence-electron chi connectivity index (χ4n) is 5.24. The molecule has 4 atom stereocenters. The number of nitrogens with one attached hydrogen (secondary N) is 1. The van der Waals surface area contributed by atoms with Gasteiger partial charge in [-0.25, -0.2) is 0 Å². The van der Waals surface area contributed by atoms with Crippen LogP contribution in [0.5, 0.6) is 0 Å². The molecular formula is C36H48N4O4. The van der Waals surface area contributed by atoms with Gasteiger partial charge < -0.3 is 25.2 Å². The van der Waals surface area contributed by atoms with Gasteiger partial charge in [-0.3, -0.25) is 9.74 Å². The molecule has 0 amide bonds. The molecule has 0 bridgehead atoms. The van der Waals surface area contributed by atoms with Crippen LogP contribution in [0.4, 0.5) is 5.69 Å². The highest BCUT2D eigenvalue weighted by Gasteiger charge is 2.45. The van der Waals surface area contributed by atoms with Crippen molar-refractivity contribution < 1.29 is 19.8 Å². The molecule has 0 aromatic heterocycles. The fourth-order valence-corrected chi connectivity index (χ4v) is 5.24. The van der Waals surface area contributed by atoms with Crippen LogP contribution in [-0.4, -0.2) is 92.1 Å². The van der Waals surface area contributed by atoms with Crippen LogP contribution in [0, 0.1) is 17.8 Å². The highest BCUT2D eigenvalue weighted by Crippen LogP contribution is 2.30. The number of para-hydroxylation sites is 1. The molecule has 8 heteroatoms. The van der Waals surface area contributed by atoms with Crippen LogP contribution in [0.25, 0.3) is 0 Å². The van der Waals surface area contributed by atoms with E-state index in [0.29, 0.717) is 13.1 Å². The van der Waals surface area contributed by atoms with Gasteiger partial charge in [0.2, 0.25) is 0 Å². The van der Waals surface area contributed by atoms with E-state index in [1.165, 1.54) is 17.7 Å². The van der Waals surface area contributed by atoms with Gasteiger partial charge in [-0.15, -0.1) is 0 Å². The number of carbonyl (C=O) groups excluding carboxylic acids is 1. The number of benzene rings is 3. The standard InChI is InChI=1S/C25H30N2O4.C11H18N2/c1-19(30)25-23(17-28)27(31-24(25)18-29)16-22-11-6-10-20(14-22)12-7-13-26(2)15-21-8-4-3-5-9-21;1-12-9-6-10-13(2)11-7-4-3-5-8-11/h3-6,8-11,14,17,19,23-25,29-30H,13,15-16,18H2,1-2H3;3-5,7-8,12H,6,9-10H2,1-2H3/t19-,23+,24-,25-;/m1./s1. The van der Waals surface area contributed by atoms with Gasteiger partial charge in [0.1, 0.15) is 12.4 Å². The van der Waals surface area contributed by atoms with Crippen molar-refractivity contribution in [1.82, 2.24) is 15.3 Å². The highest BCUT2D eigenvalue weighted by atomic mass is 16.7. The molecular weight excluding hydrogens is 552 g/mol. The fraction of sp³-hybridized carbons (Fsp3) is 0.417. The zero-order valence-corrected chi connectivity index (χ0v) is 26.5. The summed E-state index contributed by atoms with van der Waals surface area (Å²) in [7, 11) is 6.16. The predicted molar refractivity (Wildman–Crippen MR) is 177 cm³/mol. The first-order chi connectivity index (χ1) is 21.4. The average molecular weight is 601 g/mol. The molecule has 0 unspecified atom stereocenters. The molecule has 8 nitrogen and oxygen atoms in total. The molecule has 4 rings (SSSR count). The third-order valence-electron chi connectivity index (χ3n) is 7.56. The molecule has 236 valence electrons. The monoisotopic (exact) mass is 600 g/mol. The van der Waals surface area contributed by atoms with Crippen LogP contribution in [0.2, 0.25) is 0 Å². The normalized spacial score (nSPS) is 18.6. The lowest BCUT2D eigenvalue weighted by Crippen LogP contribution is -2.39. The molecule has 1 aliphatic heterocycles. The Morgan fingerprint density at radius 3 is 2.34 bits per heavy atom. The van der Waals surface area contributed by atoms with Crippen molar-refractivity contribution in [3.05, 3.63) is 102 Å². The van der Waals surface area contributed by atoms with E-state index in [0.717, 1.165) is 37.0 Å². The van der Waals surface area contributed by atoms with E-state index in [1.54, 1.807) is 12.0 Å². The van der Waals surface area contributed by atoms with Crippen molar-refractivity contribution in [1.29, 1.82) is 0 Å². The van der Waals surface area contributed by atoms with Gasteiger partial charge in [-0.2, -0.15) is 5.06 Å². The summed E-state index contributed by atoms with van der Waals surface area (Å²) in [5.74, 6) is 5.94. The highest BCUT2D eigenvalue weighted by molar-refractivity contribution is 5.59. The molecule has 1 aliphatic rings. The Balaban J connectivity index is 0.000000340. The first-order valence-electron chi connectivity index (χ1n) is 15.2. The van der Waals surface area contributed by atoms with Gasteiger partial charge in [0.25, 0.3) is 0 Å². The number of rotatable bonds is 13. The van der Waals surface area contributed by atoms with Crippen LogP contribution in [0.3, 0.4) is 0 Å². The van der Waals surface area contributed by atoms with E-state index < -0.39 is 24.2 Å². The van der Waals surface area contributed by atoms with Crippen molar-refractivity contribution in [2.45, 2.75) is 44.7 Å². The summed E-state index contributed by atoms with van der Waals surface area (Å²) in [6.07, 6.45) is 0.599. The summed E-state index contributed by atoms with van der Waals surface area (Å²) in [6.45, 7) is 5.40. The molecule has 1 fully saturated rings. The summed E-state index contributed by atoms with van der Waals surface area (Å²) in [6, 6.07) is 27.9. The third kappa shape index (κ3) is 11.2. The number of aliphatic hydroxyl groups excluding tert-OH is 2. The van der Waals surface area contributed by atoms with Crippen LogP contribution < -0.4 is 10.2 Å². The topological polar surface area (TPSA) is 88.5 Å². The van der Waals surface area contributed by atoms with Crippen LogP contribution in [-0.2, 0) is 22.7 Å². The zero-order valence-electron chi connectivity index (χ0n) is 26.5. The lowest BCUT2D eigenvalue weighted by Gasteiger charge is -2.22. The Morgan fingerprint density at radius 2 is 1.70 bits per heavy atom. The van der Waals surface area contributed by atoms with Gasteiger partial charge >= 0.3 is 0 Å². The lowest BCUT2D eigenvalue weighted by molar-refractivity contribution is -0.177. The van der Waals surface area contributed by atoms with Gasteiger partial charge in [0.05, 0.1) is 25.3 Å². The van der Waals surface area contributed by atoms with Gasteiger partial charge in [0, 0.05) is 43.9 Å². The Bertz CT molecular complexity index is 1300. The van der Waals surface area contributed by atoms with Gasteiger partial charge in [-0.05, 0) is 69.4 Å². The van der Waals surface area contributed by atoms with Gasteiger partial charge in [-0.1, -0.05) is 72.5 Å². The Morgan fingerprint density at radius 1 is 1.02 bits per heavy atom. The predicted octanol–water partition coefficient (Wildman–Crippen LogP) is 3.58. The summed E-state index contributed by atoms with van der Waals surface area (Å²) in [4.78, 5) is 21.8. The second-order valence-electron chi connectivity index (χ2n) is 11.2. The number of hydrogen-bond acceptors (Lipinski definition) is 8. The Kier molecular flexibility index (Phi) is 15.1. The second-order valence-corrected chi connectivity index (χ2v) is 11.2. The Labute approximate surface area is 263 Å². The molecule has 0 spiro atoms. The number of hydrogen-bond donors (Lipinski definition) is 3.